The lowest BCUT2D eigenvalue weighted by Gasteiger charge is -2.16. The van der Waals surface area contributed by atoms with Crippen molar-refractivity contribution in [2.24, 2.45) is 5.41 Å². The lowest BCUT2D eigenvalue weighted by atomic mass is 10.0. The van der Waals surface area contributed by atoms with Gasteiger partial charge >= 0.3 is 5.97 Å². The Labute approximate surface area is 128 Å². The third-order valence-electron chi connectivity index (χ3n) is 3.89. The molecule has 0 radical (unpaired) electrons. The van der Waals surface area contributed by atoms with Crippen molar-refractivity contribution in [2.75, 3.05) is 45.5 Å². The van der Waals surface area contributed by atoms with Crippen molar-refractivity contribution in [2.45, 2.75) is 19.3 Å². The van der Waals surface area contributed by atoms with E-state index in [0.29, 0.717) is 21.7 Å². The molecule has 6 nitrogen and oxygen atoms in total. The maximum absolute atomic E-state index is 11.7. The van der Waals surface area contributed by atoms with Gasteiger partial charge in [0, 0.05) is 20.3 Å². The Morgan fingerprint density at radius 1 is 1.38 bits per heavy atom. The number of nitrogens with one attached hydrogen (secondary N) is 1. The number of nitrogens with two attached hydrogens (primary N) is 1. The molecule has 1 aliphatic rings. The Bertz CT molecular complexity index is 511. The van der Waals surface area contributed by atoms with Gasteiger partial charge in [0.1, 0.15) is 15.6 Å². The molecule has 21 heavy (non-hydrogen) atoms. The minimum absolute atomic E-state index is 0.297. The van der Waals surface area contributed by atoms with Crippen LogP contribution in [0, 0.1) is 5.41 Å². The zero-order valence-electron chi connectivity index (χ0n) is 12.7. The van der Waals surface area contributed by atoms with E-state index in [0.717, 1.165) is 24.6 Å². The minimum atomic E-state index is -0.440. The van der Waals surface area contributed by atoms with Gasteiger partial charge in [-0.25, -0.2) is 4.79 Å². The SMILES string of the molecule is COCCC1(CNc2sc(C(=O)OC)c(N)c2OC)CC1. The van der Waals surface area contributed by atoms with Gasteiger partial charge < -0.3 is 25.3 Å². The summed E-state index contributed by atoms with van der Waals surface area (Å²) in [5.41, 5.74) is 6.58. The highest BCUT2D eigenvalue weighted by Crippen LogP contribution is 2.50. The van der Waals surface area contributed by atoms with Crippen LogP contribution in [0.15, 0.2) is 0 Å². The van der Waals surface area contributed by atoms with Gasteiger partial charge in [-0.3, -0.25) is 0 Å². The average Bonchev–Trinajstić information content (AvgIpc) is 3.20. The molecule has 1 aromatic heterocycles. The molecule has 1 aliphatic carbocycles. The normalized spacial score (nSPS) is 15.6. The first kappa shape index (κ1) is 15.9. The molecule has 0 aliphatic heterocycles. The summed E-state index contributed by atoms with van der Waals surface area (Å²) in [6.45, 7) is 1.59. The number of hydrogen-bond acceptors (Lipinski definition) is 7. The second kappa shape index (κ2) is 6.53. The van der Waals surface area contributed by atoms with E-state index < -0.39 is 5.97 Å². The molecule has 1 saturated carbocycles. The fraction of sp³-hybridized carbons (Fsp3) is 0.643. The van der Waals surface area contributed by atoms with Gasteiger partial charge in [0.15, 0.2) is 5.75 Å². The standard InChI is InChI=1S/C14H22N2O4S/c1-18-7-6-14(4-5-14)8-16-12-10(19-2)9(15)11(21-12)13(17)20-3/h16H,4-8,15H2,1-3H3. The number of ether oxygens (including phenoxy) is 3. The van der Waals surface area contributed by atoms with Gasteiger partial charge in [0.2, 0.25) is 0 Å². The van der Waals surface area contributed by atoms with Crippen molar-refractivity contribution in [3.05, 3.63) is 4.88 Å². The van der Waals surface area contributed by atoms with Gasteiger partial charge in [-0.2, -0.15) is 0 Å². The molecule has 0 aromatic carbocycles. The van der Waals surface area contributed by atoms with E-state index in [-0.39, 0.29) is 0 Å². The van der Waals surface area contributed by atoms with Crippen LogP contribution in [0.1, 0.15) is 28.9 Å². The topological polar surface area (TPSA) is 82.8 Å². The number of carbonyl (C=O) groups excluding carboxylic acids is 1. The van der Waals surface area contributed by atoms with Crippen molar-refractivity contribution in [3.8, 4) is 5.75 Å². The van der Waals surface area contributed by atoms with E-state index in [1.54, 1.807) is 14.2 Å². The van der Waals surface area contributed by atoms with Gasteiger partial charge in [-0.15, -0.1) is 11.3 Å². The largest absolute Gasteiger partial charge is 0.492 e. The van der Waals surface area contributed by atoms with Crippen LogP contribution >= 0.6 is 11.3 Å². The van der Waals surface area contributed by atoms with E-state index in [1.807, 2.05) is 0 Å². The number of rotatable bonds is 8. The molecule has 7 heteroatoms. The van der Waals surface area contributed by atoms with Crippen molar-refractivity contribution in [3.63, 3.8) is 0 Å². The number of nitrogen functional groups attached to an aromatic ring is 1. The van der Waals surface area contributed by atoms with Gasteiger partial charge in [0.05, 0.1) is 14.2 Å². The summed E-state index contributed by atoms with van der Waals surface area (Å²) in [6, 6.07) is 0. The van der Waals surface area contributed by atoms with Crippen molar-refractivity contribution in [1.29, 1.82) is 0 Å². The zero-order valence-corrected chi connectivity index (χ0v) is 13.5. The third-order valence-corrected chi connectivity index (χ3v) is 5.02. The molecular weight excluding hydrogens is 292 g/mol. The molecule has 1 fully saturated rings. The van der Waals surface area contributed by atoms with Crippen LogP contribution in [0.5, 0.6) is 5.75 Å². The molecule has 0 amide bonds. The Balaban J connectivity index is 2.08. The number of esters is 1. The molecule has 0 unspecified atom stereocenters. The Morgan fingerprint density at radius 3 is 2.62 bits per heavy atom. The molecular formula is C14H22N2O4S. The smallest absolute Gasteiger partial charge is 0.350 e. The molecule has 2 rings (SSSR count). The van der Waals surface area contributed by atoms with Crippen LogP contribution in [0.2, 0.25) is 0 Å². The molecule has 0 saturated heterocycles. The highest BCUT2D eigenvalue weighted by atomic mass is 32.1. The molecule has 0 atom stereocenters. The lowest BCUT2D eigenvalue weighted by Crippen LogP contribution is -2.17. The summed E-state index contributed by atoms with van der Waals surface area (Å²) >= 11 is 1.27. The molecule has 118 valence electrons. The number of thiophene rings is 1. The van der Waals surface area contributed by atoms with E-state index >= 15 is 0 Å². The summed E-state index contributed by atoms with van der Waals surface area (Å²) in [5, 5.41) is 4.14. The first-order valence-corrected chi connectivity index (χ1v) is 7.66. The fourth-order valence-corrected chi connectivity index (χ4v) is 3.27. The molecule has 1 aromatic rings. The second-order valence-corrected chi connectivity index (χ2v) is 6.32. The molecule has 0 bridgehead atoms. The molecule has 3 N–H and O–H groups in total. The minimum Gasteiger partial charge on any atom is -0.492 e. The third kappa shape index (κ3) is 3.41. The highest BCUT2D eigenvalue weighted by molar-refractivity contribution is 7.19. The molecule has 1 heterocycles. The zero-order chi connectivity index (χ0) is 15.5. The Morgan fingerprint density at radius 2 is 2.10 bits per heavy atom. The summed E-state index contributed by atoms with van der Waals surface area (Å²) < 4.78 is 15.2. The lowest BCUT2D eigenvalue weighted by molar-refractivity contribution is 0.0607. The van der Waals surface area contributed by atoms with Crippen LogP contribution in [-0.4, -0.2) is 40.5 Å². The second-order valence-electron chi connectivity index (χ2n) is 5.30. The van der Waals surface area contributed by atoms with Crippen LogP contribution in [0.25, 0.3) is 0 Å². The summed E-state index contributed by atoms with van der Waals surface area (Å²) in [5.74, 6) is 0.0762. The summed E-state index contributed by atoms with van der Waals surface area (Å²) in [6.07, 6.45) is 3.41. The van der Waals surface area contributed by atoms with E-state index in [2.05, 4.69) is 5.32 Å². The number of anilines is 2. The average molecular weight is 314 g/mol. The summed E-state index contributed by atoms with van der Waals surface area (Å²) in [4.78, 5) is 12.1. The van der Waals surface area contributed by atoms with E-state index in [1.165, 1.54) is 31.3 Å². The Kier molecular flexibility index (Phi) is 4.95. The maximum atomic E-state index is 11.7. The van der Waals surface area contributed by atoms with Gasteiger partial charge in [-0.05, 0) is 24.7 Å². The van der Waals surface area contributed by atoms with Gasteiger partial charge in [0.25, 0.3) is 0 Å². The van der Waals surface area contributed by atoms with Crippen molar-refractivity contribution >= 4 is 28.0 Å². The number of carbonyl (C=O) groups is 1. The first-order chi connectivity index (χ1) is 10.1. The first-order valence-electron chi connectivity index (χ1n) is 6.84. The summed E-state index contributed by atoms with van der Waals surface area (Å²) in [7, 11) is 4.60. The van der Waals surface area contributed by atoms with Crippen LogP contribution < -0.4 is 15.8 Å². The predicted molar refractivity (Wildman–Crippen MR) is 83.3 cm³/mol. The van der Waals surface area contributed by atoms with Crippen LogP contribution in [0.4, 0.5) is 10.7 Å². The number of methoxy groups -OCH3 is 3. The van der Waals surface area contributed by atoms with E-state index in [4.69, 9.17) is 19.9 Å². The van der Waals surface area contributed by atoms with Crippen molar-refractivity contribution in [1.82, 2.24) is 0 Å². The Hall–Kier alpha value is -1.47. The fourth-order valence-electron chi connectivity index (χ4n) is 2.27. The maximum Gasteiger partial charge on any atom is 0.350 e. The van der Waals surface area contributed by atoms with Gasteiger partial charge in [-0.1, -0.05) is 0 Å². The predicted octanol–water partition coefficient (Wildman–Crippen LogP) is 2.35. The monoisotopic (exact) mass is 314 g/mol. The quantitative estimate of drug-likeness (QED) is 0.717. The van der Waals surface area contributed by atoms with Crippen LogP contribution in [-0.2, 0) is 9.47 Å². The highest BCUT2D eigenvalue weighted by Gasteiger charge is 2.42. The van der Waals surface area contributed by atoms with Crippen LogP contribution in [0.3, 0.4) is 0 Å². The van der Waals surface area contributed by atoms with Crippen molar-refractivity contribution < 1.29 is 19.0 Å². The van der Waals surface area contributed by atoms with E-state index in [9.17, 15) is 4.79 Å². The molecule has 0 spiro atoms. The number of hydrogen-bond donors (Lipinski definition) is 2.